The van der Waals surface area contributed by atoms with Crippen molar-refractivity contribution in [3.63, 3.8) is 0 Å². The molecule has 2 N–H and O–H groups in total. The van der Waals surface area contributed by atoms with Crippen molar-refractivity contribution in [2.75, 3.05) is 7.11 Å². The Labute approximate surface area is 132 Å². The lowest BCUT2D eigenvalue weighted by Crippen LogP contribution is -2.44. The van der Waals surface area contributed by atoms with E-state index in [-0.39, 0.29) is 11.9 Å². The molecule has 4 nitrogen and oxygen atoms in total. The van der Waals surface area contributed by atoms with Crippen LogP contribution in [0, 0.1) is 0 Å². The first kappa shape index (κ1) is 16.6. The number of methoxy groups -OCH3 is 1. The van der Waals surface area contributed by atoms with Gasteiger partial charge in [-0.25, -0.2) is 0 Å². The molecule has 0 spiro atoms. The Morgan fingerprint density at radius 1 is 1.32 bits per heavy atom. The Hall–Kier alpha value is -1.81. The Morgan fingerprint density at radius 2 is 2.00 bits per heavy atom. The lowest BCUT2D eigenvalue weighted by atomic mass is 9.92. The van der Waals surface area contributed by atoms with Gasteiger partial charge in [0.1, 0.15) is 5.75 Å². The van der Waals surface area contributed by atoms with E-state index in [1.807, 2.05) is 31.2 Å². The van der Waals surface area contributed by atoms with Crippen LogP contribution in [0.25, 0.3) is 5.57 Å². The molecule has 22 heavy (non-hydrogen) atoms. The molecule has 120 valence electrons. The summed E-state index contributed by atoms with van der Waals surface area (Å²) in [5, 5.41) is 12.9. The molecule has 0 radical (unpaired) electrons. The topological polar surface area (TPSA) is 58.6 Å². The molecule has 0 saturated heterocycles. The summed E-state index contributed by atoms with van der Waals surface area (Å²) in [6, 6.07) is 7.57. The van der Waals surface area contributed by atoms with Gasteiger partial charge in [0.2, 0.25) is 5.91 Å². The molecular formula is C18H25NO3. The minimum absolute atomic E-state index is 0.119. The smallest absolute Gasteiger partial charge is 0.244 e. The SMILES string of the molecule is CC/C(=C/C(=O)NC1CCCCC1O)c1ccc(OC)cc1. The summed E-state index contributed by atoms with van der Waals surface area (Å²) in [6.45, 7) is 2.03. The molecule has 0 heterocycles. The summed E-state index contributed by atoms with van der Waals surface area (Å²) >= 11 is 0. The Morgan fingerprint density at radius 3 is 2.59 bits per heavy atom. The van der Waals surface area contributed by atoms with Gasteiger partial charge in [-0.05, 0) is 42.5 Å². The van der Waals surface area contributed by atoms with Gasteiger partial charge in [0.25, 0.3) is 0 Å². The third-order valence-corrected chi connectivity index (χ3v) is 4.20. The molecule has 1 amide bonds. The second-order valence-electron chi connectivity index (χ2n) is 5.72. The van der Waals surface area contributed by atoms with Gasteiger partial charge in [0.05, 0.1) is 19.3 Å². The van der Waals surface area contributed by atoms with Crippen molar-refractivity contribution in [1.29, 1.82) is 0 Å². The van der Waals surface area contributed by atoms with Crippen LogP contribution in [0.15, 0.2) is 30.3 Å². The number of rotatable bonds is 5. The first-order chi connectivity index (χ1) is 10.6. The van der Waals surface area contributed by atoms with Gasteiger partial charge in [0, 0.05) is 6.08 Å². The van der Waals surface area contributed by atoms with E-state index in [1.54, 1.807) is 13.2 Å². The van der Waals surface area contributed by atoms with Crippen molar-refractivity contribution < 1.29 is 14.6 Å². The highest BCUT2D eigenvalue weighted by molar-refractivity contribution is 5.95. The van der Waals surface area contributed by atoms with Crippen molar-refractivity contribution in [2.24, 2.45) is 0 Å². The van der Waals surface area contributed by atoms with Crippen molar-refractivity contribution >= 4 is 11.5 Å². The second-order valence-corrected chi connectivity index (χ2v) is 5.72. The zero-order chi connectivity index (χ0) is 15.9. The molecule has 4 heteroatoms. The summed E-state index contributed by atoms with van der Waals surface area (Å²) in [5.41, 5.74) is 1.99. The Kier molecular flexibility index (Phi) is 6.01. The highest BCUT2D eigenvalue weighted by Gasteiger charge is 2.23. The molecule has 1 aliphatic carbocycles. The number of carbonyl (C=O) groups excluding carboxylic acids is 1. The van der Waals surface area contributed by atoms with Crippen molar-refractivity contribution in [1.82, 2.24) is 5.32 Å². The van der Waals surface area contributed by atoms with Gasteiger partial charge in [-0.2, -0.15) is 0 Å². The normalized spacial score (nSPS) is 22.2. The highest BCUT2D eigenvalue weighted by Crippen LogP contribution is 2.22. The van der Waals surface area contributed by atoms with E-state index >= 15 is 0 Å². The van der Waals surface area contributed by atoms with E-state index in [1.165, 1.54) is 0 Å². The molecule has 2 atom stereocenters. The standard InChI is InChI=1S/C18H25NO3/c1-3-13(14-8-10-15(22-2)11-9-14)12-18(21)19-16-6-4-5-7-17(16)20/h8-12,16-17,20H,3-7H2,1-2H3,(H,19,21)/b13-12-. The molecule has 2 rings (SSSR count). The van der Waals surface area contributed by atoms with Crippen LogP contribution in [0.2, 0.25) is 0 Å². The minimum atomic E-state index is -0.419. The molecule has 1 saturated carbocycles. The van der Waals surface area contributed by atoms with Crippen LogP contribution in [-0.2, 0) is 4.79 Å². The fourth-order valence-corrected chi connectivity index (χ4v) is 2.86. The lowest BCUT2D eigenvalue weighted by Gasteiger charge is -2.28. The number of aliphatic hydroxyl groups excluding tert-OH is 1. The van der Waals surface area contributed by atoms with Crippen LogP contribution in [0.1, 0.15) is 44.6 Å². The molecule has 0 aromatic heterocycles. The number of hydrogen-bond donors (Lipinski definition) is 2. The van der Waals surface area contributed by atoms with Gasteiger partial charge in [-0.15, -0.1) is 0 Å². The van der Waals surface area contributed by atoms with Crippen LogP contribution < -0.4 is 10.1 Å². The molecule has 0 aliphatic heterocycles. The molecule has 1 aromatic rings. The first-order valence-corrected chi connectivity index (χ1v) is 7.97. The average molecular weight is 303 g/mol. The second kappa shape index (κ2) is 7.99. The molecule has 1 fully saturated rings. The third kappa shape index (κ3) is 4.34. The zero-order valence-corrected chi connectivity index (χ0v) is 13.3. The van der Waals surface area contributed by atoms with Gasteiger partial charge >= 0.3 is 0 Å². The Balaban J connectivity index is 2.04. The number of hydrogen-bond acceptors (Lipinski definition) is 3. The van der Waals surface area contributed by atoms with Crippen molar-refractivity contribution in [3.05, 3.63) is 35.9 Å². The van der Waals surface area contributed by atoms with Crippen LogP contribution in [0.3, 0.4) is 0 Å². The predicted octanol–water partition coefficient (Wildman–Crippen LogP) is 2.91. The summed E-state index contributed by atoms with van der Waals surface area (Å²) in [5.74, 6) is 0.674. The summed E-state index contributed by atoms with van der Waals surface area (Å²) in [6.07, 6.45) is 5.71. The van der Waals surface area contributed by atoms with Crippen LogP contribution in [-0.4, -0.2) is 30.3 Å². The van der Waals surface area contributed by atoms with E-state index in [4.69, 9.17) is 4.74 Å². The van der Waals surface area contributed by atoms with Gasteiger partial charge in [-0.3, -0.25) is 4.79 Å². The van der Waals surface area contributed by atoms with Crippen LogP contribution in [0.4, 0.5) is 0 Å². The largest absolute Gasteiger partial charge is 0.497 e. The summed E-state index contributed by atoms with van der Waals surface area (Å²) in [7, 11) is 1.63. The van der Waals surface area contributed by atoms with Crippen molar-refractivity contribution in [3.8, 4) is 5.75 Å². The van der Waals surface area contributed by atoms with Gasteiger partial charge in [0.15, 0.2) is 0 Å². The number of benzene rings is 1. The van der Waals surface area contributed by atoms with E-state index in [0.717, 1.165) is 49.0 Å². The maximum Gasteiger partial charge on any atom is 0.244 e. The van der Waals surface area contributed by atoms with Gasteiger partial charge in [-0.1, -0.05) is 31.9 Å². The lowest BCUT2D eigenvalue weighted by molar-refractivity contribution is -0.118. The maximum absolute atomic E-state index is 12.2. The molecule has 2 unspecified atom stereocenters. The third-order valence-electron chi connectivity index (χ3n) is 4.20. The number of allylic oxidation sites excluding steroid dienone is 1. The number of nitrogens with one attached hydrogen (secondary N) is 1. The Bertz CT molecular complexity index is 522. The number of ether oxygens (including phenoxy) is 1. The van der Waals surface area contributed by atoms with E-state index in [0.29, 0.717) is 0 Å². The van der Waals surface area contributed by atoms with Crippen LogP contribution in [0.5, 0.6) is 5.75 Å². The minimum Gasteiger partial charge on any atom is -0.497 e. The van der Waals surface area contributed by atoms with E-state index < -0.39 is 6.10 Å². The average Bonchev–Trinajstić information content (AvgIpc) is 2.55. The summed E-state index contributed by atoms with van der Waals surface area (Å²) in [4.78, 5) is 12.2. The number of carbonyl (C=O) groups is 1. The van der Waals surface area contributed by atoms with Crippen molar-refractivity contribution in [2.45, 2.75) is 51.2 Å². The predicted molar refractivity (Wildman–Crippen MR) is 87.7 cm³/mol. The summed E-state index contributed by atoms with van der Waals surface area (Å²) < 4.78 is 5.15. The molecule has 1 aromatic carbocycles. The zero-order valence-electron chi connectivity index (χ0n) is 13.3. The maximum atomic E-state index is 12.2. The van der Waals surface area contributed by atoms with Gasteiger partial charge < -0.3 is 15.2 Å². The molecular weight excluding hydrogens is 278 g/mol. The molecule has 1 aliphatic rings. The van der Waals surface area contributed by atoms with Crippen LogP contribution >= 0.6 is 0 Å². The monoisotopic (exact) mass is 303 g/mol. The number of amides is 1. The quantitative estimate of drug-likeness (QED) is 0.822. The number of aliphatic hydroxyl groups is 1. The van der Waals surface area contributed by atoms with E-state index in [2.05, 4.69) is 5.32 Å². The molecule has 0 bridgehead atoms. The fraction of sp³-hybridized carbons (Fsp3) is 0.500. The van der Waals surface area contributed by atoms with E-state index in [9.17, 15) is 9.90 Å². The first-order valence-electron chi connectivity index (χ1n) is 7.97. The fourth-order valence-electron chi connectivity index (χ4n) is 2.86. The highest BCUT2D eigenvalue weighted by atomic mass is 16.5.